The van der Waals surface area contributed by atoms with Crippen molar-refractivity contribution in [3.8, 4) is 0 Å². The fraction of sp³-hybridized carbons (Fsp3) is 0.471. The summed E-state index contributed by atoms with van der Waals surface area (Å²) in [6.45, 7) is 3.85. The van der Waals surface area contributed by atoms with E-state index in [1.54, 1.807) is 0 Å². The summed E-state index contributed by atoms with van der Waals surface area (Å²) in [5, 5.41) is 21.8. The second kappa shape index (κ2) is 10.2. The van der Waals surface area contributed by atoms with E-state index in [0.29, 0.717) is 10.6 Å². The van der Waals surface area contributed by atoms with Crippen molar-refractivity contribution in [2.75, 3.05) is 13.1 Å². The highest BCUT2D eigenvalue weighted by atomic mass is 35.5. The zero-order valence-electron chi connectivity index (χ0n) is 14.5. The zero-order chi connectivity index (χ0) is 19.9. The smallest absolute Gasteiger partial charge is 0.408 e. The average Bonchev–Trinajstić information content (AvgIpc) is 2.54. The van der Waals surface area contributed by atoms with E-state index >= 15 is 0 Å². The van der Waals surface area contributed by atoms with Gasteiger partial charge in [0.1, 0.15) is 6.04 Å². The Labute approximate surface area is 161 Å². The summed E-state index contributed by atoms with van der Waals surface area (Å²) in [5.74, 6) is -1.52. The van der Waals surface area contributed by atoms with Crippen molar-refractivity contribution in [3.05, 3.63) is 33.8 Å². The van der Waals surface area contributed by atoms with Gasteiger partial charge < -0.3 is 15.5 Å². The Morgan fingerprint density at radius 3 is 2.31 bits per heavy atom. The molecule has 0 heterocycles. The predicted molar refractivity (Wildman–Crippen MR) is 99.0 cm³/mol. The Balaban J connectivity index is 2.59. The number of hydrogen-bond acceptors (Lipinski definition) is 3. The van der Waals surface area contributed by atoms with Crippen LogP contribution in [-0.2, 0) is 4.79 Å². The van der Waals surface area contributed by atoms with Crippen LogP contribution in [0.2, 0.25) is 10.0 Å². The van der Waals surface area contributed by atoms with E-state index < -0.39 is 18.1 Å². The number of amides is 2. The lowest BCUT2D eigenvalue weighted by Gasteiger charge is -2.27. The molecule has 0 saturated heterocycles. The number of halogens is 2. The van der Waals surface area contributed by atoms with Gasteiger partial charge in [0.15, 0.2) is 0 Å². The van der Waals surface area contributed by atoms with Gasteiger partial charge >= 0.3 is 12.1 Å². The quantitative estimate of drug-likeness (QED) is 0.545. The minimum absolute atomic E-state index is 0.000669. The molecular weight excluding hydrogens is 383 g/mol. The molecule has 0 aromatic heterocycles. The van der Waals surface area contributed by atoms with Crippen molar-refractivity contribution in [1.29, 1.82) is 0 Å². The summed E-state index contributed by atoms with van der Waals surface area (Å²) in [6, 6.07) is 3.36. The van der Waals surface area contributed by atoms with Gasteiger partial charge in [-0.3, -0.25) is 9.69 Å². The first-order valence-electron chi connectivity index (χ1n) is 8.09. The summed E-state index contributed by atoms with van der Waals surface area (Å²) in [5.41, 5.74) is 0.331. The van der Waals surface area contributed by atoms with E-state index in [4.69, 9.17) is 23.2 Å². The standard InChI is InChI=1S/C17H22Cl2N2O5/c1-10(2)8-14(16(23)24)21(17(25)26)7-3-6-20-15(22)11-4-5-12(18)13(19)9-11/h4-5,9-10,14H,3,6-8H2,1-2H3,(H,20,22)(H,23,24)(H,25,26)/t14-/m0/s1. The third kappa shape index (κ3) is 6.72. The van der Waals surface area contributed by atoms with Gasteiger partial charge in [-0.05, 0) is 37.0 Å². The number of aliphatic carboxylic acids is 1. The molecule has 0 fully saturated rings. The minimum Gasteiger partial charge on any atom is -0.480 e. The van der Waals surface area contributed by atoms with E-state index in [9.17, 15) is 24.6 Å². The highest BCUT2D eigenvalue weighted by molar-refractivity contribution is 6.42. The van der Waals surface area contributed by atoms with Crippen molar-refractivity contribution in [3.63, 3.8) is 0 Å². The van der Waals surface area contributed by atoms with Crippen molar-refractivity contribution >= 4 is 41.2 Å². The molecule has 0 radical (unpaired) electrons. The molecule has 1 rings (SSSR count). The molecule has 0 spiro atoms. The third-order valence-corrected chi connectivity index (χ3v) is 4.38. The summed E-state index contributed by atoms with van der Waals surface area (Å²) in [7, 11) is 0. The highest BCUT2D eigenvalue weighted by Gasteiger charge is 2.29. The summed E-state index contributed by atoms with van der Waals surface area (Å²) < 4.78 is 0. The van der Waals surface area contributed by atoms with Gasteiger partial charge in [0.05, 0.1) is 10.0 Å². The molecule has 0 aliphatic carbocycles. The van der Waals surface area contributed by atoms with Crippen LogP contribution >= 0.6 is 23.2 Å². The van der Waals surface area contributed by atoms with Crippen molar-refractivity contribution in [1.82, 2.24) is 10.2 Å². The van der Waals surface area contributed by atoms with E-state index in [2.05, 4.69) is 5.32 Å². The lowest BCUT2D eigenvalue weighted by Crippen LogP contribution is -2.46. The molecule has 1 aromatic carbocycles. The fourth-order valence-electron chi connectivity index (χ4n) is 2.38. The molecule has 3 N–H and O–H groups in total. The Morgan fingerprint density at radius 2 is 1.81 bits per heavy atom. The number of carbonyl (C=O) groups excluding carboxylic acids is 1. The lowest BCUT2D eigenvalue weighted by molar-refractivity contribution is -0.143. The maximum absolute atomic E-state index is 12.0. The van der Waals surface area contributed by atoms with Crippen LogP contribution in [0.3, 0.4) is 0 Å². The van der Waals surface area contributed by atoms with Crippen molar-refractivity contribution < 1.29 is 24.6 Å². The monoisotopic (exact) mass is 404 g/mol. The van der Waals surface area contributed by atoms with Crippen LogP contribution in [-0.4, -0.2) is 52.2 Å². The SMILES string of the molecule is CC(C)C[C@@H](C(=O)O)N(CCCNC(=O)c1ccc(Cl)c(Cl)c1)C(=O)O. The van der Waals surface area contributed by atoms with Gasteiger partial charge in [0.25, 0.3) is 5.91 Å². The van der Waals surface area contributed by atoms with Crippen LogP contribution < -0.4 is 5.32 Å². The molecule has 0 aliphatic rings. The number of benzene rings is 1. The molecule has 144 valence electrons. The van der Waals surface area contributed by atoms with Gasteiger partial charge in [0, 0.05) is 18.7 Å². The number of nitrogens with one attached hydrogen (secondary N) is 1. The average molecular weight is 405 g/mol. The lowest BCUT2D eigenvalue weighted by atomic mass is 10.0. The van der Waals surface area contributed by atoms with E-state index in [1.165, 1.54) is 18.2 Å². The molecule has 9 heteroatoms. The third-order valence-electron chi connectivity index (χ3n) is 3.64. The molecule has 7 nitrogen and oxygen atoms in total. The molecule has 1 aromatic rings. The van der Waals surface area contributed by atoms with E-state index in [1.807, 2.05) is 13.8 Å². The Bertz CT molecular complexity index is 667. The van der Waals surface area contributed by atoms with Gasteiger partial charge in [0.2, 0.25) is 0 Å². The zero-order valence-corrected chi connectivity index (χ0v) is 16.0. The highest BCUT2D eigenvalue weighted by Crippen LogP contribution is 2.22. The topological polar surface area (TPSA) is 107 Å². The minimum atomic E-state index is -1.30. The number of carboxylic acids is 1. The number of rotatable bonds is 9. The van der Waals surface area contributed by atoms with E-state index in [0.717, 1.165) is 4.90 Å². The van der Waals surface area contributed by atoms with Crippen LogP contribution in [0.25, 0.3) is 0 Å². The normalized spacial score (nSPS) is 11.9. The summed E-state index contributed by atoms with van der Waals surface area (Å²) in [6.07, 6.45) is -0.799. The first-order valence-corrected chi connectivity index (χ1v) is 8.84. The molecular formula is C17H22Cl2N2O5. The summed E-state index contributed by atoms with van der Waals surface area (Å²) >= 11 is 11.7. The molecule has 0 bridgehead atoms. The number of nitrogens with zero attached hydrogens (tertiary/aromatic N) is 1. The second-order valence-electron chi connectivity index (χ2n) is 6.20. The molecule has 2 amide bonds. The molecule has 0 saturated carbocycles. The van der Waals surface area contributed by atoms with Gasteiger partial charge in [-0.1, -0.05) is 37.0 Å². The van der Waals surface area contributed by atoms with Crippen molar-refractivity contribution in [2.24, 2.45) is 5.92 Å². The molecule has 1 atom stereocenters. The first-order chi connectivity index (χ1) is 12.1. The Hall–Kier alpha value is -1.99. The molecule has 26 heavy (non-hydrogen) atoms. The number of carboxylic acid groups (broad SMARTS) is 2. The van der Waals surface area contributed by atoms with Gasteiger partial charge in [-0.2, -0.15) is 0 Å². The Morgan fingerprint density at radius 1 is 1.15 bits per heavy atom. The van der Waals surface area contributed by atoms with Crippen LogP contribution in [0.5, 0.6) is 0 Å². The van der Waals surface area contributed by atoms with Gasteiger partial charge in [-0.25, -0.2) is 9.59 Å². The van der Waals surface area contributed by atoms with E-state index in [-0.39, 0.29) is 42.8 Å². The molecule has 0 unspecified atom stereocenters. The van der Waals surface area contributed by atoms with Crippen LogP contribution in [0.4, 0.5) is 4.79 Å². The fourth-order valence-corrected chi connectivity index (χ4v) is 2.68. The predicted octanol–water partition coefficient (Wildman–Crippen LogP) is 3.59. The Kier molecular flexibility index (Phi) is 8.68. The van der Waals surface area contributed by atoms with Gasteiger partial charge in [-0.15, -0.1) is 0 Å². The first kappa shape index (κ1) is 22.1. The van der Waals surface area contributed by atoms with Crippen molar-refractivity contribution in [2.45, 2.75) is 32.7 Å². The summed E-state index contributed by atoms with van der Waals surface area (Å²) in [4.78, 5) is 35.7. The number of carbonyl (C=O) groups is 3. The number of hydrogen-bond donors (Lipinski definition) is 3. The maximum atomic E-state index is 12.0. The van der Waals surface area contributed by atoms with Crippen LogP contribution in [0.1, 0.15) is 37.0 Å². The molecule has 0 aliphatic heterocycles. The van der Waals surface area contributed by atoms with Crippen LogP contribution in [0.15, 0.2) is 18.2 Å². The van der Waals surface area contributed by atoms with Crippen LogP contribution in [0, 0.1) is 5.92 Å². The second-order valence-corrected chi connectivity index (χ2v) is 7.01. The maximum Gasteiger partial charge on any atom is 0.408 e. The largest absolute Gasteiger partial charge is 0.480 e.